The number of nitrogens with zero attached hydrogens (tertiary/aromatic N) is 1. The summed E-state index contributed by atoms with van der Waals surface area (Å²) in [6.45, 7) is 4.60. The van der Waals surface area contributed by atoms with Gasteiger partial charge >= 0.3 is 5.97 Å². The Morgan fingerprint density at radius 2 is 1.92 bits per heavy atom. The predicted octanol–water partition coefficient (Wildman–Crippen LogP) is 3.74. The number of nitro groups is 1. The van der Waals surface area contributed by atoms with Gasteiger partial charge in [0.1, 0.15) is 6.10 Å². The minimum atomic E-state index is -1.75. The highest BCUT2D eigenvalue weighted by atomic mass is 16.6. The van der Waals surface area contributed by atoms with Crippen LogP contribution in [0.25, 0.3) is 0 Å². The molecular formula is C19H27NO5. The van der Waals surface area contributed by atoms with Crippen LogP contribution in [0.3, 0.4) is 0 Å². The third-order valence-corrected chi connectivity index (χ3v) is 4.32. The Bertz CT molecular complexity index is 587. The Balaban J connectivity index is 2.82. The maximum Gasteiger partial charge on any atom is 0.302 e. The molecule has 1 aromatic carbocycles. The van der Waals surface area contributed by atoms with Crippen LogP contribution in [0.1, 0.15) is 58.4 Å². The largest absolute Gasteiger partial charge is 0.462 e. The van der Waals surface area contributed by atoms with Crippen molar-refractivity contribution < 1.29 is 19.2 Å². The molecule has 0 spiro atoms. The normalized spacial score (nSPS) is 14.4. The van der Waals surface area contributed by atoms with Crippen LogP contribution in [0.5, 0.6) is 0 Å². The molecule has 0 bridgehead atoms. The Hall–Kier alpha value is -2.24. The van der Waals surface area contributed by atoms with Crippen LogP contribution in [0, 0.1) is 10.1 Å². The van der Waals surface area contributed by atoms with Crippen molar-refractivity contribution >= 4 is 11.8 Å². The fourth-order valence-corrected chi connectivity index (χ4v) is 2.77. The molecule has 0 aliphatic carbocycles. The molecule has 0 saturated carbocycles. The molecule has 0 aromatic heterocycles. The summed E-state index contributed by atoms with van der Waals surface area (Å²) in [6, 6.07) is 9.39. The molecule has 6 nitrogen and oxygen atoms in total. The van der Waals surface area contributed by atoms with E-state index in [0.29, 0.717) is 12.8 Å². The van der Waals surface area contributed by atoms with Crippen LogP contribution in [0.2, 0.25) is 0 Å². The minimum Gasteiger partial charge on any atom is -0.462 e. The fourth-order valence-electron chi connectivity index (χ4n) is 2.77. The lowest BCUT2D eigenvalue weighted by Crippen LogP contribution is -2.47. The zero-order valence-electron chi connectivity index (χ0n) is 15.2. The van der Waals surface area contributed by atoms with E-state index in [1.807, 2.05) is 37.3 Å². The van der Waals surface area contributed by atoms with Gasteiger partial charge in [-0.3, -0.25) is 19.7 Å². The number of Topliss-reactive ketones (excluding diaryl/α,β-unsaturated/α-hetero) is 1. The zero-order valence-corrected chi connectivity index (χ0v) is 15.2. The van der Waals surface area contributed by atoms with Gasteiger partial charge in [-0.15, -0.1) is 0 Å². The fraction of sp³-hybridized carbons (Fsp3) is 0.579. The van der Waals surface area contributed by atoms with E-state index in [4.69, 9.17) is 4.74 Å². The van der Waals surface area contributed by atoms with Gasteiger partial charge in [-0.05, 0) is 18.4 Å². The third-order valence-electron chi connectivity index (χ3n) is 4.32. The zero-order chi connectivity index (χ0) is 18.9. The average molecular weight is 349 g/mol. The molecule has 6 heteroatoms. The van der Waals surface area contributed by atoms with Gasteiger partial charge < -0.3 is 4.74 Å². The topological polar surface area (TPSA) is 86.5 Å². The second-order valence-corrected chi connectivity index (χ2v) is 6.52. The van der Waals surface area contributed by atoms with Crippen molar-refractivity contribution in [1.82, 2.24) is 0 Å². The number of carbonyl (C=O) groups is 2. The number of hydrogen-bond donors (Lipinski definition) is 0. The number of aryl methyl sites for hydroxylation is 1. The van der Waals surface area contributed by atoms with E-state index in [-0.39, 0.29) is 12.8 Å². The molecule has 25 heavy (non-hydrogen) atoms. The molecule has 0 fully saturated rings. The monoisotopic (exact) mass is 349 g/mol. The molecule has 0 aliphatic heterocycles. The molecule has 0 N–H and O–H groups in total. The maximum atomic E-state index is 12.6. The van der Waals surface area contributed by atoms with Crippen LogP contribution in [-0.2, 0) is 20.7 Å². The predicted molar refractivity (Wildman–Crippen MR) is 94.9 cm³/mol. The third kappa shape index (κ3) is 6.64. The summed E-state index contributed by atoms with van der Waals surface area (Å²) in [4.78, 5) is 34.9. The molecule has 0 heterocycles. The second-order valence-electron chi connectivity index (χ2n) is 6.52. The van der Waals surface area contributed by atoms with E-state index in [1.54, 1.807) is 0 Å². The lowest BCUT2D eigenvalue weighted by atomic mass is 9.86. The Morgan fingerprint density at radius 1 is 1.28 bits per heavy atom. The van der Waals surface area contributed by atoms with Gasteiger partial charge in [-0.2, -0.15) is 0 Å². The first kappa shape index (κ1) is 20.8. The number of ether oxygens (including phenoxy) is 1. The highest BCUT2D eigenvalue weighted by Gasteiger charge is 2.47. The van der Waals surface area contributed by atoms with Crippen LogP contribution in [0.4, 0.5) is 0 Å². The van der Waals surface area contributed by atoms with Crippen LogP contribution in [0.15, 0.2) is 30.3 Å². The Labute approximate surface area is 148 Å². The van der Waals surface area contributed by atoms with E-state index in [0.717, 1.165) is 18.4 Å². The van der Waals surface area contributed by atoms with Crippen molar-refractivity contribution in [2.24, 2.45) is 0 Å². The van der Waals surface area contributed by atoms with Gasteiger partial charge in [-0.25, -0.2) is 0 Å². The molecule has 2 atom stereocenters. The van der Waals surface area contributed by atoms with Crippen molar-refractivity contribution in [2.75, 3.05) is 0 Å². The SMILES string of the molecule is CCCC[C@@H](C[C@@](C)(C(=O)CCc1ccccc1)[N+](=O)[O-])OC(C)=O. The highest BCUT2D eigenvalue weighted by molar-refractivity contribution is 5.86. The van der Waals surface area contributed by atoms with Gasteiger partial charge in [0, 0.05) is 25.2 Å². The molecule has 1 rings (SSSR count). The molecule has 0 unspecified atom stereocenters. The smallest absolute Gasteiger partial charge is 0.302 e. The highest BCUT2D eigenvalue weighted by Crippen LogP contribution is 2.25. The van der Waals surface area contributed by atoms with E-state index in [2.05, 4.69) is 0 Å². The van der Waals surface area contributed by atoms with E-state index in [9.17, 15) is 19.7 Å². The van der Waals surface area contributed by atoms with Crippen LogP contribution < -0.4 is 0 Å². The van der Waals surface area contributed by atoms with Gasteiger partial charge in [0.2, 0.25) is 5.78 Å². The van der Waals surface area contributed by atoms with Crippen LogP contribution in [-0.4, -0.2) is 28.3 Å². The maximum absolute atomic E-state index is 12.6. The number of esters is 1. The molecule has 1 aromatic rings. The minimum absolute atomic E-state index is 0.0854. The summed E-state index contributed by atoms with van der Waals surface area (Å²) >= 11 is 0. The molecule has 0 radical (unpaired) electrons. The van der Waals surface area contributed by atoms with E-state index < -0.39 is 28.3 Å². The Kier molecular flexibility index (Phi) is 8.25. The standard InChI is InChI=1S/C19H27NO5/c1-4-5-11-17(25-15(2)21)14-19(3,20(23)24)18(22)13-12-16-9-7-6-8-10-16/h6-10,17H,4-5,11-14H2,1-3H3/t17-,19-/m0/s1. The van der Waals surface area contributed by atoms with Crippen molar-refractivity contribution in [3.05, 3.63) is 46.0 Å². The lowest BCUT2D eigenvalue weighted by molar-refractivity contribution is -0.550. The lowest BCUT2D eigenvalue weighted by Gasteiger charge is -2.25. The molecule has 0 aliphatic rings. The first-order valence-corrected chi connectivity index (χ1v) is 8.68. The number of benzene rings is 1. The first-order chi connectivity index (χ1) is 11.8. The number of ketones is 1. The average Bonchev–Trinajstić information content (AvgIpc) is 2.57. The number of unbranched alkanes of at least 4 members (excludes halogenated alkanes) is 1. The number of rotatable bonds is 11. The summed E-state index contributed by atoms with van der Waals surface area (Å²) in [5.41, 5.74) is -0.785. The van der Waals surface area contributed by atoms with Gasteiger partial charge in [0.15, 0.2) is 0 Å². The summed E-state index contributed by atoms with van der Waals surface area (Å²) in [5, 5.41) is 11.6. The second kappa shape index (κ2) is 9.91. The molecule has 0 amide bonds. The first-order valence-electron chi connectivity index (χ1n) is 8.68. The molecule has 0 saturated heterocycles. The number of carbonyl (C=O) groups excluding carboxylic acids is 2. The number of hydrogen-bond acceptors (Lipinski definition) is 5. The summed E-state index contributed by atoms with van der Waals surface area (Å²) in [5.74, 6) is -0.918. The van der Waals surface area contributed by atoms with Gasteiger partial charge in [-0.1, -0.05) is 50.1 Å². The summed E-state index contributed by atoms with van der Waals surface area (Å²) in [7, 11) is 0. The molecule has 138 valence electrons. The molecular weight excluding hydrogens is 322 g/mol. The van der Waals surface area contributed by atoms with Crippen molar-refractivity contribution in [1.29, 1.82) is 0 Å². The summed E-state index contributed by atoms with van der Waals surface area (Å²) < 4.78 is 5.22. The van der Waals surface area contributed by atoms with E-state index in [1.165, 1.54) is 13.8 Å². The van der Waals surface area contributed by atoms with E-state index >= 15 is 0 Å². The van der Waals surface area contributed by atoms with Crippen molar-refractivity contribution in [3.63, 3.8) is 0 Å². The van der Waals surface area contributed by atoms with Gasteiger partial charge in [0.05, 0.1) is 6.42 Å². The quantitative estimate of drug-likeness (QED) is 0.345. The Morgan fingerprint density at radius 3 is 2.44 bits per heavy atom. The van der Waals surface area contributed by atoms with Crippen molar-refractivity contribution in [3.8, 4) is 0 Å². The van der Waals surface area contributed by atoms with Crippen molar-refractivity contribution in [2.45, 2.75) is 70.9 Å². The summed E-state index contributed by atoms with van der Waals surface area (Å²) in [6.07, 6.45) is 2.02. The van der Waals surface area contributed by atoms with Gasteiger partial charge in [0.25, 0.3) is 5.54 Å². The van der Waals surface area contributed by atoms with Crippen LogP contribution >= 0.6 is 0 Å².